The summed E-state index contributed by atoms with van der Waals surface area (Å²) < 4.78 is 2.16. The minimum absolute atomic E-state index is 0. The molecule has 1 saturated heterocycles. The number of aryl methyl sites for hydroxylation is 1. The van der Waals surface area contributed by atoms with Gasteiger partial charge in [-0.25, -0.2) is 4.98 Å². The minimum Gasteiger partial charge on any atom is -0.354 e. The van der Waals surface area contributed by atoms with Crippen molar-refractivity contribution in [3.05, 3.63) is 30.1 Å². The first-order valence-corrected chi connectivity index (χ1v) is 7.66. The summed E-state index contributed by atoms with van der Waals surface area (Å²) >= 11 is 0. The lowest BCUT2D eigenvalue weighted by molar-refractivity contribution is -0.121. The molecule has 1 aliphatic heterocycles. The number of aromatic nitrogens is 2. The van der Waals surface area contributed by atoms with Gasteiger partial charge >= 0.3 is 0 Å². The molecule has 1 atom stereocenters. The molecule has 128 valence electrons. The first kappa shape index (κ1) is 19.7. The van der Waals surface area contributed by atoms with Crippen molar-refractivity contribution < 1.29 is 4.79 Å². The Labute approximate surface area is 149 Å². The highest BCUT2D eigenvalue weighted by atomic mass is 35.5. The fourth-order valence-corrected chi connectivity index (χ4v) is 3.01. The van der Waals surface area contributed by atoms with Crippen LogP contribution in [0.4, 0.5) is 0 Å². The van der Waals surface area contributed by atoms with Crippen molar-refractivity contribution in [3.63, 3.8) is 0 Å². The van der Waals surface area contributed by atoms with Crippen LogP contribution in [0.25, 0.3) is 11.0 Å². The minimum atomic E-state index is 0. The van der Waals surface area contributed by atoms with E-state index >= 15 is 0 Å². The smallest absolute Gasteiger partial charge is 0.221 e. The third-order valence-corrected chi connectivity index (χ3v) is 4.10. The summed E-state index contributed by atoms with van der Waals surface area (Å²) in [5, 5.41) is 6.36. The maximum absolute atomic E-state index is 11.9. The van der Waals surface area contributed by atoms with Crippen LogP contribution in [0.15, 0.2) is 24.3 Å². The van der Waals surface area contributed by atoms with E-state index in [0.29, 0.717) is 19.0 Å². The summed E-state index contributed by atoms with van der Waals surface area (Å²) in [5.74, 6) is 1.12. The zero-order valence-corrected chi connectivity index (χ0v) is 14.9. The lowest BCUT2D eigenvalue weighted by atomic mass is 10.1. The van der Waals surface area contributed by atoms with Crippen molar-refractivity contribution in [3.8, 4) is 0 Å². The lowest BCUT2D eigenvalue weighted by Crippen LogP contribution is -2.33. The van der Waals surface area contributed by atoms with Gasteiger partial charge in [0.25, 0.3) is 0 Å². The van der Waals surface area contributed by atoms with Gasteiger partial charge in [-0.1, -0.05) is 12.1 Å². The van der Waals surface area contributed by atoms with Gasteiger partial charge < -0.3 is 15.2 Å². The number of halogens is 2. The molecule has 1 aliphatic rings. The van der Waals surface area contributed by atoms with Crippen LogP contribution in [0.3, 0.4) is 0 Å². The predicted molar refractivity (Wildman–Crippen MR) is 97.6 cm³/mol. The normalized spacial score (nSPS) is 16.7. The fraction of sp³-hybridized carbons (Fsp3) is 0.500. The molecule has 1 unspecified atom stereocenters. The van der Waals surface area contributed by atoms with E-state index in [0.717, 1.165) is 36.4 Å². The molecule has 1 fully saturated rings. The van der Waals surface area contributed by atoms with Gasteiger partial charge in [-0.3, -0.25) is 4.79 Å². The number of carbonyl (C=O) groups is 1. The van der Waals surface area contributed by atoms with E-state index in [1.54, 1.807) is 0 Å². The summed E-state index contributed by atoms with van der Waals surface area (Å²) in [5.41, 5.74) is 2.14. The number of rotatable bonds is 5. The van der Waals surface area contributed by atoms with E-state index < -0.39 is 0 Å². The zero-order valence-electron chi connectivity index (χ0n) is 13.2. The number of fused-ring (bicyclic) bond motifs is 1. The molecule has 0 aliphatic carbocycles. The summed E-state index contributed by atoms with van der Waals surface area (Å²) in [7, 11) is 0. The van der Waals surface area contributed by atoms with Crippen LogP contribution in [0.5, 0.6) is 0 Å². The standard InChI is InChI=1S/C16H22N4O.2ClH/c1-12-19-14-6-2-3-7-15(14)20(12)10-9-18-16(21)11-13-5-4-8-17-13;;/h2-3,6-7,13,17H,4-5,8-11H2,1H3,(H,18,21);2*1H. The average Bonchev–Trinajstić information content (AvgIpc) is 3.07. The first-order chi connectivity index (χ1) is 10.2. The molecule has 2 N–H and O–H groups in total. The number of imidazole rings is 1. The van der Waals surface area contributed by atoms with Gasteiger partial charge in [0.2, 0.25) is 5.91 Å². The summed E-state index contributed by atoms with van der Waals surface area (Å²) in [6.45, 7) is 4.45. The summed E-state index contributed by atoms with van der Waals surface area (Å²) in [6.07, 6.45) is 2.88. The van der Waals surface area contributed by atoms with Gasteiger partial charge in [0.05, 0.1) is 11.0 Å². The monoisotopic (exact) mass is 358 g/mol. The Balaban J connectivity index is 0.00000132. The summed E-state index contributed by atoms with van der Waals surface area (Å²) in [6, 6.07) is 8.46. The van der Waals surface area contributed by atoms with Crippen LogP contribution in [-0.2, 0) is 11.3 Å². The Kier molecular flexibility index (Phi) is 7.82. The second-order valence-corrected chi connectivity index (χ2v) is 5.65. The van der Waals surface area contributed by atoms with Gasteiger partial charge in [0, 0.05) is 25.6 Å². The molecule has 0 radical (unpaired) electrons. The van der Waals surface area contributed by atoms with E-state index in [1.807, 2.05) is 25.1 Å². The molecule has 0 saturated carbocycles. The number of hydrogen-bond acceptors (Lipinski definition) is 3. The highest BCUT2D eigenvalue weighted by Crippen LogP contribution is 2.14. The van der Waals surface area contributed by atoms with Crippen LogP contribution < -0.4 is 10.6 Å². The van der Waals surface area contributed by atoms with Crippen LogP contribution in [0.1, 0.15) is 25.1 Å². The number of amides is 1. The Morgan fingerprint density at radius 1 is 1.39 bits per heavy atom. The number of para-hydroxylation sites is 2. The van der Waals surface area contributed by atoms with Gasteiger partial charge in [0.1, 0.15) is 5.82 Å². The maximum Gasteiger partial charge on any atom is 0.221 e. The predicted octanol–water partition coefficient (Wildman–Crippen LogP) is 2.45. The van der Waals surface area contributed by atoms with Gasteiger partial charge in [-0.15, -0.1) is 24.8 Å². The zero-order chi connectivity index (χ0) is 14.7. The molecule has 1 amide bonds. The van der Waals surface area contributed by atoms with E-state index in [-0.39, 0.29) is 30.7 Å². The van der Waals surface area contributed by atoms with Crippen molar-refractivity contribution >= 4 is 41.8 Å². The van der Waals surface area contributed by atoms with Gasteiger partial charge in [-0.05, 0) is 38.4 Å². The third-order valence-electron chi connectivity index (χ3n) is 4.10. The largest absolute Gasteiger partial charge is 0.354 e. The molecule has 5 nitrogen and oxygen atoms in total. The van der Waals surface area contributed by atoms with Crippen molar-refractivity contribution in [1.29, 1.82) is 0 Å². The fourth-order valence-electron chi connectivity index (χ4n) is 3.01. The van der Waals surface area contributed by atoms with Crippen LogP contribution in [-0.4, -0.2) is 34.6 Å². The second kappa shape index (κ2) is 9.11. The van der Waals surface area contributed by atoms with Crippen molar-refractivity contribution in [2.75, 3.05) is 13.1 Å². The van der Waals surface area contributed by atoms with Gasteiger partial charge in [-0.2, -0.15) is 0 Å². The van der Waals surface area contributed by atoms with Crippen LogP contribution in [0, 0.1) is 6.92 Å². The average molecular weight is 359 g/mol. The summed E-state index contributed by atoms with van der Waals surface area (Å²) in [4.78, 5) is 16.4. The van der Waals surface area contributed by atoms with E-state index in [1.165, 1.54) is 6.42 Å². The first-order valence-electron chi connectivity index (χ1n) is 7.66. The Hall–Kier alpha value is -1.30. The number of nitrogens with one attached hydrogen (secondary N) is 2. The molecule has 3 rings (SSSR count). The van der Waals surface area contributed by atoms with Crippen molar-refractivity contribution in [1.82, 2.24) is 20.2 Å². The molecule has 7 heteroatoms. The molecule has 2 aromatic rings. The third kappa shape index (κ3) is 4.83. The van der Waals surface area contributed by atoms with Crippen molar-refractivity contribution in [2.45, 2.75) is 38.8 Å². The number of benzene rings is 1. The van der Waals surface area contributed by atoms with E-state index in [9.17, 15) is 4.79 Å². The highest BCUT2D eigenvalue weighted by Gasteiger charge is 2.17. The van der Waals surface area contributed by atoms with Gasteiger partial charge in [0.15, 0.2) is 0 Å². The Morgan fingerprint density at radius 3 is 2.91 bits per heavy atom. The number of carbonyl (C=O) groups excluding carboxylic acids is 1. The molecule has 1 aromatic carbocycles. The molecule has 2 heterocycles. The molecular formula is C16H24Cl2N4O. The quantitative estimate of drug-likeness (QED) is 0.862. The lowest BCUT2D eigenvalue weighted by Gasteiger charge is -2.11. The molecule has 23 heavy (non-hydrogen) atoms. The van der Waals surface area contributed by atoms with Crippen LogP contribution >= 0.6 is 24.8 Å². The maximum atomic E-state index is 11.9. The SMILES string of the molecule is Cc1nc2ccccc2n1CCNC(=O)CC1CCCN1.Cl.Cl. The van der Waals surface area contributed by atoms with E-state index in [2.05, 4.69) is 26.3 Å². The number of nitrogens with zero attached hydrogens (tertiary/aromatic N) is 2. The Morgan fingerprint density at radius 2 is 2.17 bits per heavy atom. The molecule has 0 bridgehead atoms. The topological polar surface area (TPSA) is 59.0 Å². The second-order valence-electron chi connectivity index (χ2n) is 5.65. The molecule has 1 aromatic heterocycles. The van der Waals surface area contributed by atoms with Crippen molar-refractivity contribution in [2.24, 2.45) is 0 Å². The number of hydrogen-bond donors (Lipinski definition) is 2. The van der Waals surface area contributed by atoms with Crippen LogP contribution in [0.2, 0.25) is 0 Å². The Bertz CT molecular complexity index is 638. The van der Waals surface area contributed by atoms with E-state index in [4.69, 9.17) is 0 Å². The highest BCUT2D eigenvalue weighted by molar-refractivity contribution is 5.85. The molecule has 0 spiro atoms. The molecular weight excluding hydrogens is 335 g/mol.